The molecule has 3 rings (SSSR count). The monoisotopic (exact) mass is 525 g/mol. The van der Waals surface area contributed by atoms with Crippen LogP contribution in [0.15, 0.2) is 54.6 Å². The summed E-state index contributed by atoms with van der Waals surface area (Å²) in [6.07, 6.45) is 2.54. The number of carbonyl (C=O) groups is 3. The van der Waals surface area contributed by atoms with Crippen molar-refractivity contribution in [2.75, 3.05) is 17.3 Å². The van der Waals surface area contributed by atoms with Gasteiger partial charge in [-0.2, -0.15) is 11.8 Å². The van der Waals surface area contributed by atoms with Crippen LogP contribution in [0.5, 0.6) is 0 Å². The van der Waals surface area contributed by atoms with Gasteiger partial charge in [-0.25, -0.2) is 4.79 Å². The standard InChI is InChI=1S/C29H39N3O4S/c1-19-12-10-11-15-22(19)30-26(33)25(21-13-8-7-9-14-21)32(24-18-20(24)2)27(34)23(16-17-37-6)31-28(35)36-29(3,4)5/h7-15,20,23-25H,16-18H2,1-6H3,(H,30,33)(H,31,35). The fraction of sp³-hybridized carbons (Fsp3) is 0.483. The Labute approximate surface area is 224 Å². The Morgan fingerprint density at radius 1 is 1.08 bits per heavy atom. The van der Waals surface area contributed by atoms with Crippen molar-refractivity contribution in [3.05, 3.63) is 65.7 Å². The summed E-state index contributed by atoms with van der Waals surface area (Å²) in [6, 6.07) is 15.2. The Balaban J connectivity index is 1.98. The molecule has 4 atom stereocenters. The van der Waals surface area contributed by atoms with Crippen LogP contribution in [0, 0.1) is 12.8 Å². The first-order chi connectivity index (χ1) is 17.5. The van der Waals surface area contributed by atoms with Crippen LogP contribution in [0.1, 0.15) is 57.7 Å². The summed E-state index contributed by atoms with van der Waals surface area (Å²) in [6.45, 7) is 9.35. The van der Waals surface area contributed by atoms with Crippen molar-refractivity contribution in [3.8, 4) is 0 Å². The van der Waals surface area contributed by atoms with Gasteiger partial charge in [0.2, 0.25) is 5.91 Å². The van der Waals surface area contributed by atoms with Crippen molar-refractivity contribution >= 4 is 35.4 Å². The Hall–Kier alpha value is -3.00. The molecule has 0 saturated heterocycles. The minimum absolute atomic E-state index is 0.0995. The number of nitrogens with one attached hydrogen (secondary N) is 2. The maximum Gasteiger partial charge on any atom is 0.408 e. The molecule has 0 spiro atoms. The second kappa shape index (κ2) is 12.5. The molecule has 1 aliphatic rings. The molecular weight excluding hydrogens is 486 g/mol. The Morgan fingerprint density at radius 2 is 1.70 bits per heavy atom. The number of benzene rings is 2. The predicted octanol–water partition coefficient (Wildman–Crippen LogP) is 5.56. The van der Waals surface area contributed by atoms with E-state index in [1.165, 1.54) is 0 Å². The lowest BCUT2D eigenvalue weighted by Gasteiger charge is -2.35. The topological polar surface area (TPSA) is 87.7 Å². The molecule has 0 aromatic heterocycles. The average molecular weight is 526 g/mol. The van der Waals surface area contributed by atoms with Crippen molar-refractivity contribution in [1.82, 2.24) is 10.2 Å². The fourth-order valence-corrected chi connectivity index (χ4v) is 4.75. The summed E-state index contributed by atoms with van der Waals surface area (Å²) in [5.41, 5.74) is 1.67. The molecule has 200 valence electrons. The third-order valence-electron chi connectivity index (χ3n) is 6.32. The lowest BCUT2D eigenvalue weighted by Crippen LogP contribution is -2.53. The van der Waals surface area contributed by atoms with Gasteiger partial charge in [0, 0.05) is 11.7 Å². The highest BCUT2D eigenvalue weighted by molar-refractivity contribution is 7.98. The zero-order valence-electron chi connectivity index (χ0n) is 22.6. The number of aryl methyl sites for hydroxylation is 1. The van der Waals surface area contributed by atoms with Crippen LogP contribution >= 0.6 is 11.8 Å². The zero-order valence-corrected chi connectivity index (χ0v) is 23.4. The number of hydrogen-bond acceptors (Lipinski definition) is 5. The van der Waals surface area contributed by atoms with Gasteiger partial charge in [-0.05, 0) is 75.7 Å². The van der Waals surface area contributed by atoms with Crippen molar-refractivity contribution in [3.63, 3.8) is 0 Å². The normalized spacial score (nSPS) is 18.3. The summed E-state index contributed by atoms with van der Waals surface area (Å²) >= 11 is 1.60. The maximum atomic E-state index is 14.2. The molecule has 0 radical (unpaired) electrons. The number of ether oxygens (including phenoxy) is 1. The molecule has 2 N–H and O–H groups in total. The average Bonchev–Trinajstić information content (AvgIpc) is 3.56. The van der Waals surface area contributed by atoms with E-state index in [1.807, 2.05) is 67.8 Å². The third kappa shape index (κ3) is 7.99. The smallest absolute Gasteiger partial charge is 0.408 e. The van der Waals surface area contributed by atoms with Gasteiger partial charge in [0.1, 0.15) is 17.7 Å². The molecule has 8 heteroatoms. The second-order valence-electron chi connectivity index (χ2n) is 10.6. The van der Waals surface area contributed by atoms with Crippen molar-refractivity contribution in [2.45, 2.75) is 71.2 Å². The number of amides is 3. The van der Waals surface area contributed by atoms with E-state index in [1.54, 1.807) is 37.4 Å². The highest BCUT2D eigenvalue weighted by Crippen LogP contribution is 2.41. The van der Waals surface area contributed by atoms with E-state index in [2.05, 4.69) is 17.6 Å². The number of rotatable bonds is 10. The minimum atomic E-state index is -0.847. The van der Waals surface area contributed by atoms with Crippen LogP contribution in [-0.4, -0.2) is 52.5 Å². The van der Waals surface area contributed by atoms with Gasteiger partial charge >= 0.3 is 6.09 Å². The molecule has 4 unspecified atom stereocenters. The molecule has 0 bridgehead atoms. The van der Waals surface area contributed by atoms with Gasteiger partial charge in [0.15, 0.2) is 0 Å². The highest BCUT2D eigenvalue weighted by atomic mass is 32.2. The quantitative estimate of drug-likeness (QED) is 0.424. The lowest BCUT2D eigenvalue weighted by atomic mass is 10.0. The summed E-state index contributed by atoms with van der Waals surface area (Å²) in [5, 5.41) is 5.84. The Bertz CT molecular complexity index is 1090. The number of hydrogen-bond donors (Lipinski definition) is 2. The molecular formula is C29H39N3O4S. The van der Waals surface area contributed by atoms with E-state index >= 15 is 0 Å². The van der Waals surface area contributed by atoms with Gasteiger partial charge in [0.05, 0.1) is 0 Å². The second-order valence-corrected chi connectivity index (χ2v) is 11.6. The molecule has 0 heterocycles. The van der Waals surface area contributed by atoms with Gasteiger partial charge in [-0.1, -0.05) is 55.5 Å². The van der Waals surface area contributed by atoms with Gasteiger partial charge in [-0.3, -0.25) is 9.59 Å². The number of nitrogens with zero attached hydrogens (tertiary/aromatic N) is 1. The predicted molar refractivity (Wildman–Crippen MR) is 150 cm³/mol. The summed E-state index contributed by atoms with van der Waals surface area (Å²) in [4.78, 5) is 42.4. The minimum Gasteiger partial charge on any atom is -0.444 e. The van der Waals surface area contributed by atoms with Crippen LogP contribution in [-0.2, 0) is 14.3 Å². The number of thioether (sulfide) groups is 1. The lowest BCUT2D eigenvalue weighted by molar-refractivity contribution is -0.141. The third-order valence-corrected chi connectivity index (χ3v) is 6.97. The Kier molecular flexibility index (Phi) is 9.65. The fourth-order valence-electron chi connectivity index (χ4n) is 4.28. The van der Waals surface area contributed by atoms with E-state index in [0.717, 1.165) is 17.5 Å². The zero-order chi connectivity index (χ0) is 27.2. The van der Waals surface area contributed by atoms with Crippen LogP contribution in [0.2, 0.25) is 0 Å². The molecule has 3 amide bonds. The summed E-state index contributed by atoms with van der Waals surface area (Å²) < 4.78 is 5.45. The van der Waals surface area contributed by atoms with Crippen LogP contribution < -0.4 is 10.6 Å². The molecule has 2 aromatic carbocycles. The molecule has 1 aliphatic carbocycles. The molecule has 1 saturated carbocycles. The van der Waals surface area contributed by atoms with Gasteiger partial charge in [0.25, 0.3) is 5.91 Å². The number of anilines is 1. The molecule has 1 fully saturated rings. The molecule has 7 nitrogen and oxygen atoms in total. The van der Waals surface area contributed by atoms with E-state index in [0.29, 0.717) is 17.9 Å². The van der Waals surface area contributed by atoms with Crippen molar-refractivity contribution < 1.29 is 19.1 Å². The summed E-state index contributed by atoms with van der Waals surface area (Å²) in [7, 11) is 0. The van der Waals surface area contributed by atoms with Gasteiger partial charge in [-0.15, -0.1) is 0 Å². The first kappa shape index (κ1) is 28.6. The first-order valence-electron chi connectivity index (χ1n) is 12.7. The van der Waals surface area contributed by atoms with Crippen LogP contribution in [0.25, 0.3) is 0 Å². The van der Waals surface area contributed by atoms with Crippen LogP contribution in [0.4, 0.5) is 10.5 Å². The number of para-hydroxylation sites is 1. The van der Waals surface area contributed by atoms with Gasteiger partial charge < -0.3 is 20.3 Å². The van der Waals surface area contributed by atoms with Crippen molar-refractivity contribution in [1.29, 1.82) is 0 Å². The highest BCUT2D eigenvalue weighted by Gasteiger charge is 2.48. The van der Waals surface area contributed by atoms with E-state index in [4.69, 9.17) is 4.74 Å². The molecule has 2 aromatic rings. The van der Waals surface area contributed by atoms with Crippen molar-refractivity contribution in [2.24, 2.45) is 5.92 Å². The number of carbonyl (C=O) groups excluding carboxylic acids is 3. The van der Waals surface area contributed by atoms with Crippen LogP contribution in [0.3, 0.4) is 0 Å². The number of alkyl carbamates (subject to hydrolysis) is 1. The molecule has 0 aliphatic heterocycles. The van der Waals surface area contributed by atoms with E-state index in [9.17, 15) is 14.4 Å². The SMILES string of the molecule is CSCCC(NC(=O)OC(C)(C)C)C(=O)N(C(C(=O)Nc1ccccc1C)c1ccccc1)C1CC1C. The largest absolute Gasteiger partial charge is 0.444 e. The van der Waals surface area contributed by atoms with E-state index < -0.39 is 23.8 Å². The Morgan fingerprint density at radius 3 is 2.27 bits per heavy atom. The maximum absolute atomic E-state index is 14.2. The first-order valence-corrected chi connectivity index (χ1v) is 14.1. The summed E-state index contributed by atoms with van der Waals surface area (Å²) in [5.74, 6) is 0.368. The molecule has 37 heavy (non-hydrogen) atoms. The van der Waals surface area contributed by atoms with E-state index in [-0.39, 0.29) is 23.8 Å².